The molecule has 0 spiro atoms. The molecule has 1 saturated heterocycles. The monoisotopic (exact) mass is 341 g/mol. The summed E-state index contributed by atoms with van der Waals surface area (Å²) in [6.07, 6.45) is 0. The molecule has 1 aliphatic heterocycles. The fourth-order valence-electron chi connectivity index (χ4n) is 3.41. The Morgan fingerprint density at radius 2 is 1.76 bits per heavy atom. The van der Waals surface area contributed by atoms with E-state index in [-0.39, 0.29) is 0 Å². The third-order valence-corrected chi connectivity index (χ3v) is 4.96. The molecule has 3 rings (SSSR count). The number of para-hydroxylation sites is 1. The fourth-order valence-corrected chi connectivity index (χ4v) is 3.41. The van der Waals surface area contributed by atoms with Gasteiger partial charge in [0.2, 0.25) is 0 Å². The third-order valence-electron chi connectivity index (χ3n) is 4.96. The molecule has 1 N–H and O–H groups in total. The second-order valence-electron chi connectivity index (χ2n) is 7.09. The molecule has 2 heterocycles. The highest BCUT2D eigenvalue weighted by Gasteiger charge is 2.25. The summed E-state index contributed by atoms with van der Waals surface area (Å²) < 4.78 is 2.13. The van der Waals surface area contributed by atoms with Gasteiger partial charge in [0.05, 0.1) is 11.4 Å². The standard InChI is InChI=1S/C20H31N5/c1-5-23-11-13-24(14-12-23)20-19(15-21-16(2)3)17(4)22-25(20)18-9-7-6-8-10-18/h6-10,16,21H,5,11-15H2,1-4H3. The van der Waals surface area contributed by atoms with E-state index in [0.29, 0.717) is 6.04 Å². The van der Waals surface area contributed by atoms with Gasteiger partial charge < -0.3 is 15.1 Å². The lowest BCUT2D eigenvalue weighted by atomic mass is 10.2. The average molecular weight is 342 g/mol. The van der Waals surface area contributed by atoms with Crippen LogP contribution in [0, 0.1) is 6.92 Å². The van der Waals surface area contributed by atoms with E-state index < -0.39 is 0 Å². The van der Waals surface area contributed by atoms with E-state index in [1.165, 1.54) is 11.4 Å². The Hall–Kier alpha value is -1.85. The van der Waals surface area contributed by atoms with Gasteiger partial charge in [0.15, 0.2) is 0 Å². The lowest BCUT2D eigenvalue weighted by Gasteiger charge is -2.36. The second kappa shape index (κ2) is 8.02. The molecule has 1 fully saturated rings. The van der Waals surface area contributed by atoms with Crippen LogP contribution in [0.2, 0.25) is 0 Å². The highest BCUT2D eigenvalue weighted by atomic mass is 15.4. The molecule has 2 aromatic rings. The maximum Gasteiger partial charge on any atom is 0.137 e. The number of anilines is 1. The number of likely N-dealkylation sites (N-methyl/N-ethyl adjacent to an activating group) is 1. The Bertz CT molecular complexity index is 669. The molecule has 1 aromatic carbocycles. The fraction of sp³-hybridized carbons (Fsp3) is 0.550. The molecule has 0 bridgehead atoms. The molecule has 1 aromatic heterocycles. The number of piperazine rings is 1. The first-order valence-corrected chi connectivity index (χ1v) is 9.44. The third kappa shape index (κ3) is 4.05. The van der Waals surface area contributed by atoms with Crippen LogP contribution < -0.4 is 10.2 Å². The highest BCUT2D eigenvalue weighted by Crippen LogP contribution is 2.28. The summed E-state index contributed by atoms with van der Waals surface area (Å²) in [5.74, 6) is 1.26. The summed E-state index contributed by atoms with van der Waals surface area (Å²) in [6, 6.07) is 11.0. The van der Waals surface area contributed by atoms with Crippen LogP contribution in [0.5, 0.6) is 0 Å². The quantitative estimate of drug-likeness (QED) is 0.876. The smallest absolute Gasteiger partial charge is 0.137 e. The molecule has 0 atom stereocenters. The van der Waals surface area contributed by atoms with Gasteiger partial charge in [-0.3, -0.25) is 0 Å². The summed E-state index contributed by atoms with van der Waals surface area (Å²) in [5.41, 5.74) is 3.57. The molecule has 5 heteroatoms. The number of hydrogen-bond acceptors (Lipinski definition) is 4. The van der Waals surface area contributed by atoms with Gasteiger partial charge in [-0.05, 0) is 25.6 Å². The van der Waals surface area contributed by atoms with Crippen molar-refractivity contribution in [3.63, 3.8) is 0 Å². The molecule has 0 unspecified atom stereocenters. The van der Waals surface area contributed by atoms with Crippen LogP contribution in [-0.2, 0) is 6.54 Å². The Balaban J connectivity index is 1.97. The van der Waals surface area contributed by atoms with Crippen molar-refractivity contribution in [2.75, 3.05) is 37.6 Å². The van der Waals surface area contributed by atoms with E-state index in [4.69, 9.17) is 5.10 Å². The Labute approximate surface area is 151 Å². The van der Waals surface area contributed by atoms with Crippen molar-refractivity contribution in [3.05, 3.63) is 41.6 Å². The molecular formula is C20H31N5. The zero-order chi connectivity index (χ0) is 17.8. The lowest BCUT2D eigenvalue weighted by molar-refractivity contribution is 0.270. The van der Waals surface area contributed by atoms with Gasteiger partial charge in [0.25, 0.3) is 0 Å². The predicted octanol–water partition coefficient (Wildman–Crippen LogP) is 2.82. The molecular weight excluding hydrogens is 310 g/mol. The minimum absolute atomic E-state index is 0.462. The number of hydrogen-bond donors (Lipinski definition) is 1. The van der Waals surface area contributed by atoms with Gasteiger partial charge in [-0.25, -0.2) is 4.68 Å². The minimum atomic E-state index is 0.462. The van der Waals surface area contributed by atoms with E-state index in [9.17, 15) is 0 Å². The summed E-state index contributed by atoms with van der Waals surface area (Å²) >= 11 is 0. The number of nitrogens with one attached hydrogen (secondary N) is 1. The van der Waals surface area contributed by atoms with Crippen molar-refractivity contribution in [1.82, 2.24) is 20.0 Å². The number of benzene rings is 1. The first kappa shape index (κ1) is 18.0. The maximum atomic E-state index is 4.89. The Morgan fingerprint density at radius 1 is 1.08 bits per heavy atom. The van der Waals surface area contributed by atoms with E-state index in [0.717, 1.165) is 50.6 Å². The van der Waals surface area contributed by atoms with E-state index in [1.54, 1.807) is 0 Å². The van der Waals surface area contributed by atoms with Crippen molar-refractivity contribution in [2.24, 2.45) is 0 Å². The molecule has 5 nitrogen and oxygen atoms in total. The summed E-state index contributed by atoms with van der Waals surface area (Å²) in [4.78, 5) is 5.02. The van der Waals surface area contributed by atoms with Gasteiger partial charge in [-0.2, -0.15) is 5.10 Å². The topological polar surface area (TPSA) is 36.3 Å². The van der Waals surface area contributed by atoms with Crippen LogP contribution in [0.4, 0.5) is 5.82 Å². The Morgan fingerprint density at radius 3 is 2.36 bits per heavy atom. The molecule has 136 valence electrons. The zero-order valence-corrected chi connectivity index (χ0v) is 16.0. The first-order valence-electron chi connectivity index (χ1n) is 9.44. The highest BCUT2D eigenvalue weighted by molar-refractivity contribution is 5.55. The molecule has 0 amide bonds. The number of aromatic nitrogens is 2. The number of aryl methyl sites for hydroxylation is 1. The van der Waals surface area contributed by atoms with Gasteiger partial charge in [0.1, 0.15) is 5.82 Å². The molecule has 0 aliphatic carbocycles. The normalized spacial score (nSPS) is 16.0. The van der Waals surface area contributed by atoms with Crippen LogP contribution in [0.25, 0.3) is 5.69 Å². The summed E-state index contributed by atoms with van der Waals surface area (Å²) in [6.45, 7) is 15.1. The molecule has 0 radical (unpaired) electrons. The van der Waals surface area contributed by atoms with Crippen molar-refractivity contribution in [3.8, 4) is 5.69 Å². The Kier molecular flexibility index (Phi) is 5.76. The van der Waals surface area contributed by atoms with Gasteiger partial charge in [-0.15, -0.1) is 0 Å². The zero-order valence-electron chi connectivity index (χ0n) is 16.0. The largest absolute Gasteiger partial charge is 0.354 e. The SMILES string of the molecule is CCN1CCN(c2c(CNC(C)C)c(C)nn2-c2ccccc2)CC1. The van der Waals surface area contributed by atoms with Crippen LogP contribution >= 0.6 is 0 Å². The second-order valence-corrected chi connectivity index (χ2v) is 7.09. The van der Waals surface area contributed by atoms with E-state index >= 15 is 0 Å². The molecule has 25 heavy (non-hydrogen) atoms. The first-order chi connectivity index (χ1) is 12.1. The lowest BCUT2D eigenvalue weighted by Crippen LogP contribution is -2.47. The van der Waals surface area contributed by atoms with Crippen molar-refractivity contribution >= 4 is 5.82 Å². The van der Waals surface area contributed by atoms with Crippen LogP contribution in [0.1, 0.15) is 32.0 Å². The van der Waals surface area contributed by atoms with Gasteiger partial charge >= 0.3 is 0 Å². The van der Waals surface area contributed by atoms with Crippen molar-refractivity contribution < 1.29 is 0 Å². The maximum absolute atomic E-state index is 4.89. The summed E-state index contributed by atoms with van der Waals surface area (Å²) in [7, 11) is 0. The minimum Gasteiger partial charge on any atom is -0.354 e. The molecule has 0 saturated carbocycles. The van der Waals surface area contributed by atoms with Crippen LogP contribution in [0.3, 0.4) is 0 Å². The van der Waals surface area contributed by atoms with E-state index in [1.807, 2.05) is 0 Å². The van der Waals surface area contributed by atoms with Gasteiger partial charge in [0, 0.05) is 44.3 Å². The average Bonchev–Trinajstić information content (AvgIpc) is 2.97. The van der Waals surface area contributed by atoms with Gasteiger partial charge in [-0.1, -0.05) is 39.0 Å². The van der Waals surface area contributed by atoms with E-state index in [2.05, 4.69) is 77.8 Å². The van der Waals surface area contributed by atoms with Crippen LogP contribution in [-0.4, -0.2) is 53.4 Å². The number of rotatable bonds is 6. The molecule has 1 aliphatic rings. The van der Waals surface area contributed by atoms with Crippen molar-refractivity contribution in [2.45, 2.75) is 40.3 Å². The predicted molar refractivity (Wildman–Crippen MR) is 105 cm³/mol. The number of nitrogens with zero attached hydrogens (tertiary/aromatic N) is 4. The van der Waals surface area contributed by atoms with Crippen molar-refractivity contribution in [1.29, 1.82) is 0 Å². The van der Waals surface area contributed by atoms with Crippen LogP contribution in [0.15, 0.2) is 30.3 Å². The summed E-state index contributed by atoms with van der Waals surface area (Å²) in [5, 5.41) is 8.47.